The van der Waals surface area contributed by atoms with Gasteiger partial charge in [-0.05, 0) is 66.6 Å². The molecule has 0 spiro atoms. The van der Waals surface area contributed by atoms with Crippen molar-refractivity contribution in [2.45, 2.75) is 38.1 Å². The topological polar surface area (TPSA) is 79.2 Å². The van der Waals surface area contributed by atoms with Gasteiger partial charge in [0.1, 0.15) is 5.75 Å². The van der Waals surface area contributed by atoms with Gasteiger partial charge in [0.25, 0.3) is 5.91 Å². The van der Waals surface area contributed by atoms with Gasteiger partial charge in [-0.15, -0.1) is 0 Å². The first-order chi connectivity index (χ1) is 15.0. The van der Waals surface area contributed by atoms with Crippen LogP contribution in [0.25, 0.3) is 6.08 Å². The normalized spacial score (nSPS) is 19.9. The number of nitrogens with zero attached hydrogens (tertiary/aromatic N) is 2. The third-order valence-corrected chi connectivity index (χ3v) is 6.47. The predicted octanol–water partition coefficient (Wildman–Crippen LogP) is 5.33. The lowest BCUT2D eigenvalue weighted by Gasteiger charge is -2.30. The number of methoxy groups -OCH3 is 1. The van der Waals surface area contributed by atoms with Crippen molar-refractivity contribution < 1.29 is 19.4 Å². The van der Waals surface area contributed by atoms with Gasteiger partial charge in [-0.25, -0.2) is 9.79 Å². The van der Waals surface area contributed by atoms with Crippen molar-refractivity contribution in [3.8, 4) is 5.75 Å². The van der Waals surface area contributed by atoms with E-state index >= 15 is 0 Å². The standard InChI is InChI=1S/C24H24N2O4S/c1-30-20-12-5-7-16(13-20)14-21-22(27)26(19-10-3-2-4-11-19)24(31-21)25-18-9-6-8-17(15-18)23(28)29/h5-9,12-15,19H,2-4,10-11H2,1H3,(H,28,29)/b21-14-,25-24?. The van der Waals surface area contributed by atoms with Gasteiger partial charge in [-0.1, -0.05) is 37.5 Å². The number of carbonyl (C=O) groups is 2. The molecule has 31 heavy (non-hydrogen) atoms. The third kappa shape index (κ3) is 4.82. The van der Waals surface area contributed by atoms with Crippen LogP contribution in [-0.4, -0.2) is 40.2 Å². The van der Waals surface area contributed by atoms with E-state index in [1.165, 1.54) is 30.3 Å². The lowest BCUT2D eigenvalue weighted by molar-refractivity contribution is -0.124. The summed E-state index contributed by atoms with van der Waals surface area (Å²) < 4.78 is 5.29. The van der Waals surface area contributed by atoms with Crippen LogP contribution in [0.2, 0.25) is 0 Å². The number of hydrogen-bond acceptors (Lipinski definition) is 5. The predicted molar refractivity (Wildman–Crippen MR) is 123 cm³/mol. The van der Waals surface area contributed by atoms with E-state index in [0.717, 1.165) is 37.0 Å². The average molecular weight is 437 g/mol. The number of ether oxygens (including phenoxy) is 1. The number of aromatic carboxylic acids is 1. The molecule has 1 aliphatic carbocycles. The molecule has 0 atom stereocenters. The second kappa shape index (κ2) is 9.39. The maximum Gasteiger partial charge on any atom is 0.335 e. The molecule has 1 saturated heterocycles. The van der Waals surface area contributed by atoms with Gasteiger partial charge in [0.2, 0.25) is 0 Å². The summed E-state index contributed by atoms with van der Waals surface area (Å²) in [5.74, 6) is -0.318. The quantitative estimate of drug-likeness (QED) is 0.641. The summed E-state index contributed by atoms with van der Waals surface area (Å²) in [4.78, 5) is 31.8. The minimum absolute atomic E-state index is 0.0483. The van der Waals surface area contributed by atoms with Crippen LogP contribution < -0.4 is 4.74 Å². The van der Waals surface area contributed by atoms with E-state index in [9.17, 15) is 14.7 Å². The number of carbonyl (C=O) groups excluding carboxylic acids is 1. The Labute approximate surface area is 185 Å². The van der Waals surface area contributed by atoms with E-state index in [1.54, 1.807) is 19.2 Å². The van der Waals surface area contributed by atoms with E-state index in [0.29, 0.717) is 15.8 Å². The molecule has 7 heteroatoms. The molecule has 160 valence electrons. The first-order valence-corrected chi connectivity index (χ1v) is 11.2. The molecule has 2 aliphatic rings. The highest BCUT2D eigenvalue weighted by Gasteiger charge is 2.38. The van der Waals surface area contributed by atoms with Gasteiger partial charge in [0.15, 0.2) is 5.17 Å². The highest BCUT2D eigenvalue weighted by atomic mass is 32.2. The highest BCUT2D eigenvalue weighted by molar-refractivity contribution is 8.18. The van der Waals surface area contributed by atoms with Gasteiger partial charge in [-0.3, -0.25) is 9.69 Å². The molecule has 2 aromatic rings. The Bertz CT molecular complexity index is 1060. The van der Waals surface area contributed by atoms with Crippen LogP contribution in [0, 0.1) is 0 Å². The van der Waals surface area contributed by atoms with E-state index in [4.69, 9.17) is 4.74 Å². The smallest absolute Gasteiger partial charge is 0.335 e. The number of rotatable bonds is 5. The molecular formula is C24H24N2O4S. The van der Waals surface area contributed by atoms with Crippen molar-refractivity contribution in [1.82, 2.24) is 4.90 Å². The molecule has 0 aromatic heterocycles. The van der Waals surface area contributed by atoms with Gasteiger partial charge in [0, 0.05) is 6.04 Å². The molecule has 1 aliphatic heterocycles. The molecule has 2 fully saturated rings. The SMILES string of the molecule is COc1cccc(/C=C2\SC(=Nc3cccc(C(=O)O)c3)N(C3CCCCC3)C2=O)c1. The molecule has 0 bridgehead atoms. The van der Waals surface area contributed by atoms with Crippen molar-refractivity contribution in [3.63, 3.8) is 0 Å². The average Bonchev–Trinajstić information content (AvgIpc) is 3.09. The van der Waals surface area contributed by atoms with Crippen molar-refractivity contribution in [2.24, 2.45) is 4.99 Å². The van der Waals surface area contributed by atoms with Crippen LogP contribution in [-0.2, 0) is 4.79 Å². The monoisotopic (exact) mass is 436 g/mol. The van der Waals surface area contributed by atoms with E-state index < -0.39 is 5.97 Å². The minimum atomic E-state index is -1.00. The zero-order valence-corrected chi connectivity index (χ0v) is 18.1. The Hall–Kier alpha value is -3.06. The van der Waals surface area contributed by atoms with Crippen LogP contribution in [0.5, 0.6) is 5.75 Å². The van der Waals surface area contributed by atoms with Crippen molar-refractivity contribution in [3.05, 3.63) is 64.6 Å². The molecular weight excluding hydrogens is 412 g/mol. The maximum absolute atomic E-state index is 13.4. The number of carboxylic acids is 1. The summed E-state index contributed by atoms with van der Waals surface area (Å²) in [6.45, 7) is 0. The molecule has 1 N–H and O–H groups in total. The van der Waals surface area contributed by atoms with Crippen LogP contribution in [0.15, 0.2) is 58.4 Å². The summed E-state index contributed by atoms with van der Waals surface area (Å²) in [5, 5.41) is 9.88. The lowest BCUT2D eigenvalue weighted by atomic mass is 9.94. The fraction of sp³-hybridized carbons (Fsp3) is 0.292. The Kier molecular flexibility index (Phi) is 6.42. The number of thioether (sulfide) groups is 1. The van der Waals surface area contributed by atoms with Crippen molar-refractivity contribution >= 4 is 40.6 Å². The molecule has 6 nitrogen and oxygen atoms in total. The molecule has 1 amide bonds. The largest absolute Gasteiger partial charge is 0.497 e. The molecule has 0 unspecified atom stereocenters. The molecule has 4 rings (SSSR count). The highest BCUT2D eigenvalue weighted by Crippen LogP contribution is 2.38. The Morgan fingerprint density at radius 2 is 1.94 bits per heavy atom. The van der Waals surface area contributed by atoms with Crippen LogP contribution in [0.4, 0.5) is 5.69 Å². The number of hydrogen-bond donors (Lipinski definition) is 1. The van der Waals surface area contributed by atoms with Crippen LogP contribution in [0.1, 0.15) is 48.0 Å². The zero-order chi connectivity index (χ0) is 21.8. The van der Waals surface area contributed by atoms with Gasteiger partial charge >= 0.3 is 5.97 Å². The molecule has 0 radical (unpaired) electrons. The van der Waals surface area contributed by atoms with Gasteiger partial charge < -0.3 is 9.84 Å². The van der Waals surface area contributed by atoms with Crippen molar-refractivity contribution in [1.29, 1.82) is 0 Å². The number of amides is 1. The number of benzene rings is 2. The molecule has 2 aromatic carbocycles. The summed E-state index contributed by atoms with van der Waals surface area (Å²) in [7, 11) is 1.61. The van der Waals surface area contributed by atoms with Crippen molar-refractivity contribution in [2.75, 3.05) is 7.11 Å². The number of aliphatic imine (C=N–C) groups is 1. The molecule has 1 heterocycles. The summed E-state index contributed by atoms with van der Waals surface area (Å²) in [6.07, 6.45) is 7.14. The Morgan fingerprint density at radius 3 is 2.68 bits per heavy atom. The van der Waals surface area contributed by atoms with Crippen LogP contribution in [0.3, 0.4) is 0 Å². The van der Waals surface area contributed by atoms with Gasteiger partial charge in [0.05, 0.1) is 23.3 Å². The van der Waals surface area contributed by atoms with Crippen LogP contribution >= 0.6 is 11.8 Å². The lowest BCUT2D eigenvalue weighted by Crippen LogP contribution is -2.40. The fourth-order valence-electron chi connectivity index (χ4n) is 3.93. The second-order valence-corrected chi connectivity index (χ2v) is 8.61. The maximum atomic E-state index is 13.4. The number of amidine groups is 1. The zero-order valence-electron chi connectivity index (χ0n) is 17.3. The van der Waals surface area contributed by atoms with E-state index in [2.05, 4.69) is 4.99 Å². The first-order valence-electron chi connectivity index (χ1n) is 10.3. The second-order valence-electron chi connectivity index (χ2n) is 7.60. The van der Waals surface area contributed by atoms with Gasteiger partial charge in [-0.2, -0.15) is 0 Å². The summed E-state index contributed by atoms with van der Waals surface area (Å²) in [6, 6.07) is 14.2. The number of carboxylic acid groups (broad SMARTS) is 1. The van der Waals surface area contributed by atoms with E-state index in [-0.39, 0.29) is 17.5 Å². The fourth-order valence-corrected chi connectivity index (χ4v) is 4.99. The third-order valence-electron chi connectivity index (χ3n) is 5.49. The molecule has 1 saturated carbocycles. The Balaban J connectivity index is 1.71. The first kappa shape index (κ1) is 21.2. The Morgan fingerprint density at radius 1 is 1.16 bits per heavy atom. The van der Waals surface area contributed by atoms with E-state index in [1.807, 2.05) is 35.2 Å². The summed E-state index contributed by atoms with van der Waals surface area (Å²) >= 11 is 1.34. The summed E-state index contributed by atoms with van der Waals surface area (Å²) in [5.41, 5.74) is 1.58. The minimum Gasteiger partial charge on any atom is -0.497 e.